The second kappa shape index (κ2) is 5.31. The number of nitrogens with one attached hydrogen (secondary N) is 3. The van der Waals surface area contributed by atoms with E-state index < -0.39 is 11.6 Å². The molecule has 0 radical (unpaired) electrons. The molecule has 98 valence electrons. The van der Waals surface area contributed by atoms with Crippen molar-refractivity contribution in [3.63, 3.8) is 0 Å². The van der Waals surface area contributed by atoms with Gasteiger partial charge in [0.25, 0.3) is 5.91 Å². The Morgan fingerprint density at radius 1 is 1.32 bits per heavy atom. The standard InChI is InChI=1S/C10H9N5O3S/c16-9(8(15-18)4-11-17)12-5-1-2-6-7(3-5)14-10(19)13-6/h1-4,17-18H,(H,12,16)(H2,13,14,19)/b11-4?,15-8-. The van der Waals surface area contributed by atoms with Gasteiger partial charge in [0.2, 0.25) is 0 Å². The lowest BCUT2D eigenvalue weighted by Gasteiger charge is -2.03. The molecular weight excluding hydrogens is 270 g/mol. The molecule has 1 heterocycles. The Labute approximate surface area is 111 Å². The number of H-pyrrole nitrogens is 2. The van der Waals surface area contributed by atoms with Crippen LogP contribution in [0.3, 0.4) is 0 Å². The fourth-order valence-electron chi connectivity index (χ4n) is 1.49. The van der Waals surface area contributed by atoms with E-state index in [1.54, 1.807) is 18.2 Å². The minimum Gasteiger partial charge on any atom is -0.411 e. The molecule has 0 atom stereocenters. The monoisotopic (exact) mass is 279 g/mol. The Bertz CT molecular complexity index is 730. The lowest BCUT2D eigenvalue weighted by Crippen LogP contribution is -2.24. The topological polar surface area (TPSA) is 126 Å². The normalized spacial score (nSPS) is 12.1. The molecule has 2 aromatic rings. The lowest BCUT2D eigenvalue weighted by atomic mass is 10.2. The van der Waals surface area contributed by atoms with Gasteiger partial charge in [-0.2, -0.15) is 0 Å². The van der Waals surface area contributed by atoms with E-state index >= 15 is 0 Å². The lowest BCUT2D eigenvalue weighted by molar-refractivity contribution is -0.110. The average molecular weight is 279 g/mol. The van der Waals surface area contributed by atoms with Crippen molar-refractivity contribution in [2.75, 3.05) is 5.32 Å². The number of aromatic amines is 2. The van der Waals surface area contributed by atoms with Gasteiger partial charge in [0.05, 0.1) is 11.0 Å². The summed E-state index contributed by atoms with van der Waals surface area (Å²) in [6.45, 7) is 0. The number of hydrogen-bond acceptors (Lipinski definition) is 6. The van der Waals surface area contributed by atoms with Crippen LogP contribution >= 0.6 is 12.2 Å². The number of fused-ring (bicyclic) bond motifs is 1. The Morgan fingerprint density at radius 2 is 2.05 bits per heavy atom. The summed E-state index contributed by atoms with van der Waals surface area (Å²) in [6.07, 6.45) is 0.720. The summed E-state index contributed by atoms with van der Waals surface area (Å²) in [7, 11) is 0. The highest BCUT2D eigenvalue weighted by molar-refractivity contribution is 7.71. The summed E-state index contributed by atoms with van der Waals surface area (Å²) >= 11 is 4.94. The Kier molecular flexibility index (Phi) is 3.57. The predicted molar refractivity (Wildman–Crippen MR) is 71.6 cm³/mol. The summed E-state index contributed by atoms with van der Waals surface area (Å²) in [5.74, 6) is -0.714. The molecule has 2 rings (SSSR count). The van der Waals surface area contributed by atoms with Gasteiger partial charge in [-0.3, -0.25) is 4.79 Å². The summed E-state index contributed by atoms with van der Waals surface area (Å²) in [6, 6.07) is 5.03. The van der Waals surface area contributed by atoms with Crippen molar-refractivity contribution in [3.8, 4) is 0 Å². The van der Waals surface area contributed by atoms with Crippen molar-refractivity contribution < 1.29 is 15.2 Å². The summed E-state index contributed by atoms with van der Waals surface area (Å²) in [5.41, 5.74) is 1.57. The van der Waals surface area contributed by atoms with E-state index in [-0.39, 0.29) is 0 Å². The molecule has 0 saturated carbocycles. The number of anilines is 1. The first-order valence-corrected chi connectivity index (χ1v) is 5.48. The minimum atomic E-state index is -0.714. The highest BCUT2D eigenvalue weighted by Gasteiger charge is 2.11. The van der Waals surface area contributed by atoms with Gasteiger partial charge >= 0.3 is 0 Å². The maximum Gasteiger partial charge on any atom is 0.279 e. The second-order valence-corrected chi connectivity index (χ2v) is 3.93. The first-order chi connectivity index (χ1) is 9.13. The number of rotatable bonds is 3. The van der Waals surface area contributed by atoms with E-state index in [1.807, 2.05) is 0 Å². The van der Waals surface area contributed by atoms with Crippen LogP contribution in [0.15, 0.2) is 28.5 Å². The third-order valence-corrected chi connectivity index (χ3v) is 2.50. The van der Waals surface area contributed by atoms with Crippen LogP contribution in [0.1, 0.15) is 0 Å². The van der Waals surface area contributed by atoms with Crippen molar-refractivity contribution in [1.82, 2.24) is 9.97 Å². The van der Waals surface area contributed by atoms with Gasteiger partial charge in [0.1, 0.15) is 6.21 Å². The molecule has 8 nitrogen and oxygen atoms in total. The van der Waals surface area contributed by atoms with Crippen molar-refractivity contribution in [2.24, 2.45) is 10.3 Å². The third-order valence-electron chi connectivity index (χ3n) is 2.29. The third kappa shape index (κ3) is 2.77. The molecule has 0 spiro atoms. The van der Waals surface area contributed by atoms with E-state index in [0.29, 0.717) is 10.5 Å². The number of carbonyl (C=O) groups excluding carboxylic acids is 1. The summed E-state index contributed by atoms with van der Waals surface area (Å²) in [4.78, 5) is 17.5. The molecule has 0 aliphatic carbocycles. The van der Waals surface area contributed by atoms with Crippen LogP contribution in [0, 0.1) is 4.77 Å². The number of carbonyl (C=O) groups is 1. The number of oxime groups is 2. The fraction of sp³-hybridized carbons (Fsp3) is 0. The molecule has 0 saturated heterocycles. The van der Waals surface area contributed by atoms with E-state index in [1.165, 1.54) is 0 Å². The molecule has 0 bridgehead atoms. The van der Waals surface area contributed by atoms with E-state index in [0.717, 1.165) is 17.2 Å². The van der Waals surface area contributed by atoms with Crippen molar-refractivity contribution >= 4 is 46.8 Å². The zero-order chi connectivity index (χ0) is 13.8. The number of aromatic nitrogens is 2. The Balaban J connectivity index is 2.26. The zero-order valence-electron chi connectivity index (χ0n) is 9.41. The van der Waals surface area contributed by atoms with Gasteiger partial charge in [-0.05, 0) is 30.4 Å². The summed E-state index contributed by atoms with van der Waals surface area (Å²) in [5, 5.41) is 24.7. The molecular formula is C10H9N5O3S. The molecule has 1 aromatic carbocycles. The first kappa shape index (κ1) is 12.8. The van der Waals surface area contributed by atoms with Crippen LogP contribution in [-0.2, 0) is 4.79 Å². The van der Waals surface area contributed by atoms with Gasteiger partial charge in [-0.1, -0.05) is 10.3 Å². The minimum absolute atomic E-state index is 0.426. The number of benzene rings is 1. The van der Waals surface area contributed by atoms with Gasteiger partial charge in [-0.25, -0.2) is 0 Å². The highest BCUT2D eigenvalue weighted by Crippen LogP contribution is 2.16. The maximum atomic E-state index is 11.6. The SMILES string of the molecule is O=C(Nc1ccc2[nH]c(=S)[nH]c2c1)/C(C=NO)=N\O. The Morgan fingerprint density at radius 3 is 2.74 bits per heavy atom. The highest BCUT2D eigenvalue weighted by atomic mass is 32.1. The van der Waals surface area contributed by atoms with Crippen LogP contribution in [0.5, 0.6) is 0 Å². The maximum absolute atomic E-state index is 11.6. The van der Waals surface area contributed by atoms with Gasteiger partial charge < -0.3 is 25.7 Å². The molecule has 0 fully saturated rings. The van der Waals surface area contributed by atoms with Crippen molar-refractivity contribution in [2.45, 2.75) is 0 Å². The van der Waals surface area contributed by atoms with Crippen LogP contribution in [0.25, 0.3) is 11.0 Å². The first-order valence-electron chi connectivity index (χ1n) is 5.07. The fourth-order valence-corrected chi connectivity index (χ4v) is 1.71. The van der Waals surface area contributed by atoms with Crippen molar-refractivity contribution in [1.29, 1.82) is 0 Å². The van der Waals surface area contributed by atoms with Crippen LogP contribution in [0.4, 0.5) is 5.69 Å². The largest absolute Gasteiger partial charge is 0.411 e. The molecule has 0 aliphatic heterocycles. The number of amides is 1. The molecule has 19 heavy (non-hydrogen) atoms. The average Bonchev–Trinajstić information content (AvgIpc) is 2.75. The Hall–Kier alpha value is -2.68. The molecule has 1 aromatic heterocycles. The van der Waals surface area contributed by atoms with Crippen LogP contribution < -0.4 is 5.32 Å². The van der Waals surface area contributed by atoms with Crippen LogP contribution in [0.2, 0.25) is 0 Å². The smallest absolute Gasteiger partial charge is 0.279 e. The number of imidazole rings is 1. The second-order valence-electron chi connectivity index (χ2n) is 3.52. The van der Waals surface area contributed by atoms with Crippen molar-refractivity contribution in [3.05, 3.63) is 23.0 Å². The predicted octanol–water partition coefficient (Wildman–Crippen LogP) is 1.45. The summed E-state index contributed by atoms with van der Waals surface area (Å²) < 4.78 is 0.475. The van der Waals surface area contributed by atoms with Gasteiger partial charge in [0, 0.05) is 5.69 Å². The van der Waals surface area contributed by atoms with Gasteiger partial charge in [-0.15, -0.1) is 0 Å². The van der Waals surface area contributed by atoms with E-state index in [4.69, 9.17) is 22.6 Å². The zero-order valence-corrected chi connectivity index (χ0v) is 10.2. The van der Waals surface area contributed by atoms with Crippen LogP contribution in [-0.4, -0.2) is 38.2 Å². The molecule has 5 N–H and O–H groups in total. The number of nitrogens with zero attached hydrogens (tertiary/aromatic N) is 2. The quantitative estimate of drug-likeness (QED) is 0.252. The van der Waals surface area contributed by atoms with E-state index in [9.17, 15) is 4.79 Å². The molecule has 0 unspecified atom stereocenters. The molecule has 1 amide bonds. The number of hydrogen-bond donors (Lipinski definition) is 5. The van der Waals surface area contributed by atoms with Gasteiger partial charge in [0.15, 0.2) is 10.5 Å². The molecule has 0 aliphatic rings. The molecule has 9 heteroatoms. The van der Waals surface area contributed by atoms with E-state index in [2.05, 4.69) is 25.6 Å².